The van der Waals surface area contributed by atoms with E-state index in [-0.39, 0.29) is 5.82 Å². The first-order valence-corrected chi connectivity index (χ1v) is 9.27. The Morgan fingerprint density at radius 1 is 1.28 bits per heavy atom. The van der Waals surface area contributed by atoms with E-state index in [1.165, 1.54) is 17.7 Å². The summed E-state index contributed by atoms with van der Waals surface area (Å²) in [5.74, 6) is -0.369. The molecule has 0 bridgehead atoms. The van der Waals surface area contributed by atoms with Crippen LogP contribution in [0, 0.1) is 11.2 Å². The van der Waals surface area contributed by atoms with Gasteiger partial charge in [0, 0.05) is 6.04 Å². The van der Waals surface area contributed by atoms with Gasteiger partial charge < -0.3 is 10.0 Å². The summed E-state index contributed by atoms with van der Waals surface area (Å²) in [6, 6.07) is 7.24. The van der Waals surface area contributed by atoms with Gasteiger partial charge in [0.05, 0.1) is 5.41 Å². The predicted molar refractivity (Wildman–Crippen MR) is 97.1 cm³/mol. The summed E-state index contributed by atoms with van der Waals surface area (Å²) >= 11 is 0. The fraction of sp³-hybridized carbons (Fsp3) is 0.571. The van der Waals surface area contributed by atoms with Crippen LogP contribution in [-0.2, 0) is 4.79 Å². The molecule has 3 rings (SSSR count). The van der Waals surface area contributed by atoms with Crippen molar-refractivity contribution < 1.29 is 14.3 Å². The van der Waals surface area contributed by atoms with Crippen molar-refractivity contribution in [3.05, 3.63) is 47.8 Å². The molecular weight excluding hydrogens is 317 g/mol. The molecule has 0 spiro atoms. The topological polar surface area (TPSA) is 40.5 Å². The van der Waals surface area contributed by atoms with Crippen LogP contribution in [0.1, 0.15) is 56.9 Å². The molecule has 1 aliphatic heterocycles. The van der Waals surface area contributed by atoms with E-state index in [4.69, 9.17) is 0 Å². The number of carboxylic acids is 1. The van der Waals surface area contributed by atoms with Gasteiger partial charge in [-0.2, -0.15) is 0 Å². The quantitative estimate of drug-likeness (QED) is 0.793. The Balaban J connectivity index is 1.59. The Hall–Kier alpha value is -1.68. The normalized spacial score (nSPS) is 28.2. The minimum Gasteiger partial charge on any atom is -0.481 e. The summed E-state index contributed by atoms with van der Waals surface area (Å²) in [5, 5.41) is 9.75. The van der Waals surface area contributed by atoms with E-state index in [0.29, 0.717) is 18.4 Å². The van der Waals surface area contributed by atoms with E-state index >= 15 is 0 Å². The number of hydrogen-bond acceptors (Lipinski definition) is 2. The Morgan fingerprint density at radius 2 is 1.92 bits per heavy atom. The van der Waals surface area contributed by atoms with E-state index < -0.39 is 11.4 Å². The van der Waals surface area contributed by atoms with Crippen LogP contribution in [0.4, 0.5) is 4.39 Å². The second-order valence-electron chi connectivity index (χ2n) is 7.98. The average Bonchev–Trinajstić information content (AvgIpc) is 3.00. The molecule has 1 N–H and O–H groups in total. The van der Waals surface area contributed by atoms with Gasteiger partial charge in [-0.05, 0) is 82.2 Å². The molecule has 0 amide bonds. The largest absolute Gasteiger partial charge is 0.481 e. The van der Waals surface area contributed by atoms with Gasteiger partial charge in [-0.3, -0.25) is 4.79 Å². The number of aliphatic carboxylic acids is 1. The molecule has 2 atom stereocenters. The fourth-order valence-corrected chi connectivity index (χ4v) is 4.75. The molecule has 1 aliphatic carbocycles. The number of carbonyl (C=O) groups is 1. The molecule has 0 radical (unpaired) electrons. The minimum atomic E-state index is -0.667. The number of rotatable bonds is 5. The van der Waals surface area contributed by atoms with Crippen LogP contribution in [0.2, 0.25) is 0 Å². The van der Waals surface area contributed by atoms with Crippen molar-refractivity contribution in [2.45, 2.75) is 57.4 Å². The van der Waals surface area contributed by atoms with Gasteiger partial charge in [0.15, 0.2) is 0 Å². The molecule has 1 saturated carbocycles. The van der Waals surface area contributed by atoms with Gasteiger partial charge in [0.25, 0.3) is 0 Å². The average molecular weight is 345 g/mol. The molecule has 0 unspecified atom stereocenters. The lowest BCUT2D eigenvalue weighted by Gasteiger charge is -2.37. The molecule has 1 heterocycles. The third-order valence-electron chi connectivity index (χ3n) is 6.06. The molecule has 25 heavy (non-hydrogen) atoms. The molecule has 0 aromatic heterocycles. The molecular formula is C21H28FNO2. The highest BCUT2D eigenvalue weighted by Crippen LogP contribution is 2.46. The summed E-state index contributed by atoms with van der Waals surface area (Å²) in [6.45, 7) is 7.84. The number of carboxylic acid groups (broad SMARTS) is 1. The first-order chi connectivity index (χ1) is 11.9. The van der Waals surface area contributed by atoms with E-state index in [1.807, 2.05) is 19.1 Å². The van der Waals surface area contributed by atoms with Gasteiger partial charge in [0.1, 0.15) is 5.82 Å². The lowest BCUT2D eigenvalue weighted by molar-refractivity contribution is -0.148. The van der Waals surface area contributed by atoms with Crippen LogP contribution < -0.4 is 0 Å². The predicted octanol–water partition coefficient (Wildman–Crippen LogP) is 4.59. The van der Waals surface area contributed by atoms with Crippen molar-refractivity contribution in [3.63, 3.8) is 0 Å². The molecule has 4 heteroatoms. The number of allylic oxidation sites excluding steroid dienone is 1. The maximum Gasteiger partial charge on any atom is 0.310 e. The Kier molecular flexibility index (Phi) is 5.28. The zero-order valence-corrected chi connectivity index (χ0v) is 15.0. The Labute approximate surface area is 149 Å². The molecule has 1 aromatic carbocycles. The van der Waals surface area contributed by atoms with Crippen molar-refractivity contribution in [3.8, 4) is 0 Å². The second-order valence-corrected chi connectivity index (χ2v) is 7.98. The number of benzene rings is 1. The van der Waals surface area contributed by atoms with Crippen LogP contribution in [0.15, 0.2) is 36.4 Å². The zero-order valence-electron chi connectivity index (χ0n) is 15.0. The number of likely N-dealkylation sites (tertiary alicyclic amines) is 1. The third-order valence-corrected chi connectivity index (χ3v) is 6.06. The molecule has 2 aliphatic rings. The SMILES string of the molecule is C=C(C)C[C@]1(C(=O)O)CC[C@@H](N2CCC(c3ccc(F)cc3)CC2)C1. The summed E-state index contributed by atoms with van der Waals surface area (Å²) in [5.41, 5.74) is 1.55. The van der Waals surface area contributed by atoms with Gasteiger partial charge >= 0.3 is 5.97 Å². The highest BCUT2D eigenvalue weighted by atomic mass is 19.1. The van der Waals surface area contributed by atoms with E-state index in [2.05, 4.69) is 11.5 Å². The van der Waals surface area contributed by atoms with Crippen molar-refractivity contribution in [2.24, 2.45) is 5.41 Å². The lowest BCUT2D eigenvalue weighted by atomic mass is 9.80. The van der Waals surface area contributed by atoms with Gasteiger partial charge in [-0.1, -0.05) is 17.7 Å². The second kappa shape index (κ2) is 7.28. The fourth-order valence-electron chi connectivity index (χ4n) is 4.75. The molecule has 1 aromatic rings. The van der Waals surface area contributed by atoms with Gasteiger partial charge in [-0.25, -0.2) is 4.39 Å². The number of piperidine rings is 1. The molecule has 1 saturated heterocycles. The maximum atomic E-state index is 13.1. The zero-order chi connectivity index (χ0) is 18.0. The summed E-state index contributed by atoms with van der Waals surface area (Å²) in [6.07, 6.45) is 5.14. The highest BCUT2D eigenvalue weighted by Gasteiger charge is 2.47. The van der Waals surface area contributed by atoms with Crippen LogP contribution in [0.5, 0.6) is 0 Å². The van der Waals surface area contributed by atoms with Crippen LogP contribution in [0.3, 0.4) is 0 Å². The maximum absolute atomic E-state index is 13.1. The van der Waals surface area contributed by atoms with Gasteiger partial charge in [0.2, 0.25) is 0 Å². The molecule has 2 fully saturated rings. The van der Waals surface area contributed by atoms with Crippen LogP contribution in [0.25, 0.3) is 0 Å². The summed E-state index contributed by atoms with van der Waals surface area (Å²) in [4.78, 5) is 14.3. The Bertz CT molecular complexity index is 634. The molecule has 3 nitrogen and oxygen atoms in total. The van der Waals surface area contributed by atoms with Crippen molar-refractivity contribution in [1.29, 1.82) is 0 Å². The summed E-state index contributed by atoms with van der Waals surface area (Å²) in [7, 11) is 0. The smallest absolute Gasteiger partial charge is 0.310 e. The lowest BCUT2D eigenvalue weighted by Crippen LogP contribution is -2.41. The van der Waals surface area contributed by atoms with E-state index in [1.54, 1.807) is 0 Å². The van der Waals surface area contributed by atoms with Gasteiger partial charge in [-0.15, -0.1) is 6.58 Å². The third kappa shape index (κ3) is 3.95. The van der Waals surface area contributed by atoms with Crippen molar-refractivity contribution in [1.82, 2.24) is 4.90 Å². The first-order valence-electron chi connectivity index (χ1n) is 9.27. The number of hydrogen-bond donors (Lipinski definition) is 1. The van der Waals surface area contributed by atoms with Crippen LogP contribution in [-0.4, -0.2) is 35.1 Å². The van der Waals surface area contributed by atoms with E-state index in [9.17, 15) is 14.3 Å². The highest BCUT2D eigenvalue weighted by molar-refractivity contribution is 5.75. The van der Waals surface area contributed by atoms with Crippen molar-refractivity contribution in [2.75, 3.05) is 13.1 Å². The standard InChI is InChI=1S/C21H28FNO2/c1-15(2)13-21(20(24)25)10-7-19(14-21)23-11-8-17(9-12-23)16-3-5-18(22)6-4-16/h3-6,17,19H,1,7-14H2,2H3,(H,24,25)/t19-,21-/m1/s1. The monoisotopic (exact) mass is 345 g/mol. The van der Waals surface area contributed by atoms with Crippen LogP contribution >= 0.6 is 0 Å². The Morgan fingerprint density at radius 3 is 2.48 bits per heavy atom. The summed E-state index contributed by atoms with van der Waals surface area (Å²) < 4.78 is 13.1. The van der Waals surface area contributed by atoms with Crippen molar-refractivity contribution >= 4 is 5.97 Å². The number of halogens is 1. The number of nitrogens with zero attached hydrogens (tertiary/aromatic N) is 1. The van der Waals surface area contributed by atoms with E-state index in [0.717, 1.165) is 50.8 Å². The minimum absolute atomic E-state index is 0.185. The molecule has 136 valence electrons. The first kappa shape index (κ1) is 18.1.